The molecule has 0 bridgehead atoms. The predicted octanol–water partition coefficient (Wildman–Crippen LogP) is 1.17. The van der Waals surface area contributed by atoms with Gasteiger partial charge < -0.3 is 14.7 Å². The zero-order valence-electron chi connectivity index (χ0n) is 6.68. The fraction of sp³-hybridized carbons (Fsp3) is 0. The van der Waals surface area contributed by atoms with Gasteiger partial charge in [-0.25, -0.2) is 4.79 Å². The molecule has 4 heteroatoms. The summed E-state index contributed by atoms with van der Waals surface area (Å²) in [5.74, 6) is -0.957. The van der Waals surface area contributed by atoms with Gasteiger partial charge in [0.15, 0.2) is 0 Å². The molecular weight excluding hydrogens is 170 g/mol. The summed E-state index contributed by atoms with van der Waals surface area (Å²) < 4.78 is 4.91. The maximum Gasteiger partial charge on any atom is 0.352 e. The Morgan fingerprint density at radius 1 is 1.54 bits per heavy atom. The number of ether oxygens (including phenoxy) is 1. The van der Waals surface area contributed by atoms with Crippen molar-refractivity contribution in [3.63, 3.8) is 0 Å². The highest BCUT2D eigenvalue weighted by Crippen LogP contribution is 2.22. The lowest BCUT2D eigenvalue weighted by Gasteiger charge is -2.25. The lowest BCUT2D eigenvalue weighted by Crippen LogP contribution is -2.24. The minimum Gasteiger partial charge on any atom is -0.477 e. The average molecular weight is 177 g/mol. The van der Waals surface area contributed by atoms with Crippen molar-refractivity contribution in [1.29, 1.82) is 0 Å². The summed E-state index contributed by atoms with van der Waals surface area (Å²) in [6, 6.07) is 0. The van der Waals surface area contributed by atoms with Crippen molar-refractivity contribution in [2.45, 2.75) is 0 Å². The molecule has 0 aromatic heterocycles. The van der Waals surface area contributed by atoms with Gasteiger partial charge in [-0.05, 0) is 12.2 Å². The first-order chi connectivity index (χ1) is 6.29. The summed E-state index contributed by atoms with van der Waals surface area (Å²) >= 11 is 0. The van der Waals surface area contributed by atoms with Crippen LogP contribution in [0.4, 0.5) is 0 Å². The summed E-state index contributed by atoms with van der Waals surface area (Å²) in [6.07, 6.45) is 9.48. The Kier molecular flexibility index (Phi) is 1.66. The number of carboxylic acid groups (broad SMARTS) is 1. The molecule has 0 aromatic carbocycles. The maximum atomic E-state index is 10.8. The van der Waals surface area contributed by atoms with Gasteiger partial charge >= 0.3 is 5.97 Å². The monoisotopic (exact) mass is 177 g/mol. The number of aliphatic carboxylic acids is 1. The molecule has 2 heterocycles. The van der Waals surface area contributed by atoms with Crippen LogP contribution in [0.2, 0.25) is 0 Å². The molecule has 2 aliphatic heterocycles. The smallest absolute Gasteiger partial charge is 0.352 e. The van der Waals surface area contributed by atoms with Gasteiger partial charge in [0.25, 0.3) is 0 Å². The van der Waals surface area contributed by atoms with E-state index in [1.807, 2.05) is 0 Å². The molecule has 2 aliphatic rings. The maximum absolute atomic E-state index is 10.8. The number of carboxylic acids is 1. The number of allylic oxidation sites excluding steroid dienone is 3. The van der Waals surface area contributed by atoms with Crippen LogP contribution < -0.4 is 0 Å². The number of fused-ring (bicyclic) bond motifs is 1. The van der Waals surface area contributed by atoms with Crippen LogP contribution in [-0.2, 0) is 9.53 Å². The largest absolute Gasteiger partial charge is 0.477 e. The van der Waals surface area contributed by atoms with E-state index in [1.165, 1.54) is 18.6 Å². The average Bonchev–Trinajstić information content (AvgIpc) is 2.17. The quantitative estimate of drug-likeness (QED) is 0.653. The van der Waals surface area contributed by atoms with E-state index in [1.54, 1.807) is 23.3 Å². The van der Waals surface area contributed by atoms with Crippen LogP contribution in [0.15, 0.2) is 48.3 Å². The Hall–Kier alpha value is -1.97. The summed E-state index contributed by atoms with van der Waals surface area (Å²) in [6.45, 7) is 0. The number of carbonyl (C=O) groups is 1. The third-order valence-corrected chi connectivity index (χ3v) is 1.76. The van der Waals surface area contributed by atoms with E-state index in [-0.39, 0.29) is 5.70 Å². The summed E-state index contributed by atoms with van der Waals surface area (Å²) in [4.78, 5) is 12.3. The van der Waals surface area contributed by atoms with Gasteiger partial charge in [0.05, 0.1) is 5.70 Å². The highest BCUT2D eigenvalue weighted by atomic mass is 16.5. The third-order valence-electron chi connectivity index (χ3n) is 1.76. The first-order valence-electron chi connectivity index (χ1n) is 3.72. The molecule has 0 saturated carbocycles. The highest BCUT2D eigenvalue weighted by Gasteiger charge is 2.20. The topological polar surface area (TPSA) is 49.8 Å². The zero-order chi connectivity index (χ0) is 9.26. The van der Waals surface area contributed by atoms with Gasteiger partial charge in [0.1, 0.15) is 18.2 Å². The second kappa shape index (κ2) is 2.82. The summed E-state index contributed by atoms with van der Waals surface area (Å²) in [5.41, 5.74) is 0.927. The van der Waals surface area contributed by atoms with Crippen LogP contribution in [0.25, 0.3) is 0 Å². The number of rotatable bonds is 1. The zero-order valence-corrected chi connectivity index (χ0v) is 6.68. The number of hydrogen-bond acceptors (Lipinski definition) is 3. The lowest BCUT2D eigenvalue weighted by molar-refractivity contribution is -0.133. The van der Waals surface area contributed by atoms with Gasteiger partial charge in [-0.15, -0.1) is 0 Å². The van der Waals surface area contributed by atoms with E-state index in [2.05, 4.69) is 0 Å². The van der Waals surface area contributed by atoms with Crippen LogP contribution in [0, 0.1) is 0 Å². The Balaban J connectivity index is 2.39. The molecule has 66 valence electrons. The van der Waals surface area contributed by atoms with E-state index < -0.39 is 5.97 Å². The normalized spacial score (nSPS) is 18.6. The lowest BCUT2D eigenvalue weighted by atomic mass is 10.2. The minimum atomic E-state index is -0.957. The third kappa shape index (κ3) is 1.22. The molecule has 0 saturated heterocycles. The van der Waals surface area contributed by atoms with Gasteiger partial charge in [-0.1, -0.05) is 6.08 Å². The molecule has 0 spiro atoms. The second-order valence-electron chi connectivity index (χ2n) is 2.55. The molecule has 0 fully saturated rings. The molecule has 13 heavy (non-hydrogen) atoms. The van der Waals surface area contributed by atoms with E-state index in [0.717, 1.165) is 0 Å². The van der Waals surface area contributed by atoms with Gasteiger partial charge in [0, 0.05) is 6.20 Å². The first-order valence-corrected chi connectivity index (χ1v) is 3.72. The van der Waals surface area contributed by atoms with Gasteiger partial charge in [-0.3, -0.25) is 0 Å². The molecule has 1 N–H and O–H groups in total. The molecule has 4 nitrogen and oxygen atoms in total. The Bertz CT molecular complexity index is 363. The van der Waals surface area contributed by atoms with Gasteiger partial charge in [0.2, 0.25) is 0 Å². The number of hydrogen-bond donors (Lipinski definition) is 1. The summed E-state index contributed by atoms with van der Waals surface area (Å²) in [7, 11) is 0. The van der Waals surface area contributed by atoms with E-state index >= 15 is 0 Å². The minimum absolute atomic E-state index is 0.216. The molecule has 0 radical (unpaired) electrons. The van der Waals surface area contributed by atoms with Crippen molar-refractivity contribution in [1.82, 2.24) is 4.90 Å². The first kappa shape index (κ1) is 7.67. The molecule has 0 aromatic rings. The van der Waals surface area contributed by atoms with Crippen LogP contribution in [0.3, 0.4) is 0 Å². The van der Waals surface area contributed by atoms with Crippen molar-refractivity contribution in [3.05, 3.63) is 48.3 Å². The Morgan fingerprint density at radius 2 is 2.38 bits per heavy atom. The van der Waals surface area contributed by atoms with Crippen LogP contribution in [0.5, 0.6) is 0 Å². The number of nitrogens with zero attached hydrogens (tertiary/aromatic N) is 1. The van der Waals surface area contributed by atoms with Crippen LogP contribution in [0.1, 0.15) is 0 Å². The molecule has 0 unspecified atom stereocenters. The molecule has 0 atom stereocenters. The van der Waals surface area contributed by atoms with Crippen molar-refractivity contribution in [3.8, 4) is 0 Å². The second-order valence-corrected chi connectivity index (χ2v) is 2.55. The SMILES string of the molecule is O=C(O)C1=CC=CC2=COC=CN21. The van der Waals surface area contributed by atoms with E-state index in [0.29, 0.717) is 5.70 Å². The van der Waals surface area contributed by atoms with Gasteiger partial charge in [-0.2, -0.15) is 0 Å². The van der Waals surface area contributed by atoms with Crippen molar-refractivity contribution >= 4 is 5.97 Å². The van der Waals surface area contributed by atoms with Crippen LogP contribution in [-0.4, -0.2) is 16.0 Å². The standard InChI is InChI=1S/C9H7NO3/c11-9(12)8-3-1-2-7-6-13-5-4-10(7)8/h1-6H,(H,11,12). The fourth-order valence-electron chi connectivity index (χ4n) is 1.18. The Morgan fingerprint density at radius 3 is 3.15 bits per heavy atom. The van der Waals surface area contributed by atoms with Crippen molar-refractivity contribution < 1.29 is 14.6 Å². The molecular formula is C9H7NO3. The van der Waals surface area contributed by atoms with Crippen molar-refractivity contribution in [2.75, 3.05) is 0 Å². The molecule has 0 amide bonds. The molecule has 2 rings (SSSR count). The summed E-state index contributed by atoms with van der Waals surface area (Å²) in [5, 5.41) is 8.83. The Labute approximate surface area is 74.7 Å². The highest BCUT2D eigenvalue weighted by molar-refractivity contribution is 5.87. The van der Waals surface area contributed by atoms with Crippen LogP contribution >= 0.6 is 0 Å². The van der Waals surface area contributed by atoms with E-state index in [9.17, 15) is 4.79 Å². The predicted molar refractivity (Wildman–Crippen MR) is 45.0 cm³/mol. The molecule has 0 aliphatic carbocycles. The fourth-order valence-corrected chi connectivity index (χ4v) is 1.18. The van der Waals surface area contributed by atoms with E-state index in [4.69, 9.17) is 9.84 Å². The van der Waals surface area contributed by atoms with Crippen molar-refractivity contribution in [2.24, 2.45) is 0 Å².